The van der Waals surface area contributed by atoms with Gasteiger partial charge in [0.25, 0.3) is 0 Å². The molecule has 2 heterocycles. The van der Waals surface area contributed by atoms with E-state index in [4.69, 9.17) is 16.7 Å². The molecule has 0 aliphatic carbocycles. The molecule has 1 aliphatic heterocycles. The number of aliphatic hydroxyl groups excluding tert-OH is 2. The molecular weight excluding hydrogens is 306 g/mol. The van der Waals surface area contributed by atoms with E-state index in [-0.39, 0.29) is 35.7 Å². The van der Waals surface area contributed by atoms with Crippen molar-refractivity contribution >= 4 is 21.6 Å². The second-order valence-electron chi connectivity index (χ2n) is 4.99. The lowest BCUT2D eigenvalue weighted by molar-refractivity contribution is 0.0221. The topological polar surface area (TPSA) is 95.7 Å². The van der Waals surface area contributed by atoms with Crippen molar-refractivity contribution in [3.05, 3.63) is 10.8 Å². The minimum Gasteiger partial charge on any atom is -0.396 e. The Morgan fingerprint density at radius 1 is 1.50 bits per heavy atom. The summed E-state index contributed by atoms with van der Waals surface area (Å²) >= 11 is 6.00. The van der Waals surface area contributed by atoms with Crippen molar-refractivity contribution in [2.45, 2.75) is 24.3 Å². The summed E-state index contributed by atoms with van der Waals surface area (Å²) in [6.45, 7) is 1.63. The van der Waals surface area contributed by atoms with Gasteiger partial charge in [-0.05, 0) is 13.3 Å². The van der Waals surface area contributed by atoms with Gasteiger partial charge in [-0.3, -0.25) is 4.68 Å². The number of nitrogens with zero attached hydrogens (tertiary/aromatic N) is 3. The summed E-state index contributed by atoms with van der Waals surface area (Å²) in [5.41, 5.74) is 0.330. The zero-order valence-corrected chi connectivity index (χ0v) is 12.9. The maximum atomic E-state index is 12.6. The standard InChI is InChI=1S/C11H18ClN3O4S/c1-7-10(11(12)14(2)13-7)20(18,19)15-4-3-8(6-16)9(17)5-15/h8-9,16-17H,3-6H2,1-2H3/t8-,9+/m1/s1. The molecule has 1 aliphatic rings. The molecule has 0 saturated carbocycles. The summed E-state index contributed by atoms with van der Waals surface area (Å²) in [5, 5.41) is 23.0. The van der Waals surface area contributed by atoms with Crippen molar-refractivity contribution in [3.8, 4) is 0 Å². The summed E-state index contributed by atoms with van der Waals surface area (Å²) in [4.78, 5) is -0.0173. The molecule has 1 saturated heterocycles. The number of piperidine rings is 1. The highest BCUT2D eigenvalue weighted by molar-refractivity contribution is 7.89. The van der Waals surface area contributed by atoms with E-state index in [9.17, 15) is 13.5 Å². The first-order valence-corrected chi connectivity index (χ1v) is 8.09. The predicted molar refractivity (Wildman–Crippen MR) is 72.9 cm³/mol. The number of aliphatic hydroxyl groups is 2. The number of hydrogen-bond acceptors (Lipinski definition) is 5. The lowest BCUT2D eigenvalue weighted by atomic mass is 9.96. The van der Waals surface area contributed by atoms with Crippen LogP contribution in [-0.4, -0.2) is 58.5 Å². The van der Waals surface area contributed by atoms with Gasteiger partial charge in [-0.25, -0.2) is 8.42 Å². The van der Waals surface area contributed by atoms with Crippen molar-refractivity contribution < 1.29 is 18.6 Å². The van der Waals surface area contributed by atoms with Gasteiger partial charge in [0.2, 0.25) is 10.0 Å². The Morgan fingerprint density at radius 3 is 2.60 bits per heavy atom. The van der Waals surface area contributed by atoms with Crippen LogP contribution >= 0.6 is 11.6 Å². The summed E-state index contributed by atoms with van der Waals surface area (Å²) in [6.07, 6.45) is -0.465. The first-order chi connectivity index (χ1) is 9.28. The average molecular weight is 324 g/mol. The predicted octanol–water partition coefficient (Wildman–Crippen LogP) is -0.254. The highest BCUT2D eigenvalue weighted by Gasteiger charge is 2.37. The molecule has 0 spiro atoms. The molecule has 1 aromatic heterocycles. The Morgan fingerprint density at radius 2 is 2.15 bits per heavy atom. The summed E-state index contributed by atoms with van der Waals surface area (Å²) in [5.74, 6) is -0.285. The van der Waals surface area contributed by atoms with Gasteiger partial charge in [0.1, 0.15) is 10.0 Å². The Balaban J connectivity index is 2.32. The fraction of sp³-hybridized carbons (Fsp3) is 0.727. The highest BCUT2D eigenvalue weighted by Crippen LogP contribution is 2.30. The van der Waals surface area contributed by atoms with Gasteiger partial charge in [0.05, 0.1) is 11.8 Å². The first-order valence-electron chi connectivity index (χ1n) is 6.27. The van der Waals surface area contributed by atoms with Crippen molar-refractivity contribution in [2.24, 2.45) is 13.0 Å². The number of halogens is 1. The third-order valence-electron chi connectivity index (χ3n) is 3.62. The largest absolute Gasteiger partial charge is 0.396 e. The molecule has 2 atom stereocenters. The number of rotatable bonds is 3. The Kier molecular flexibility index (Phi) is 4.41. The van der Waals surface area contributed by atoms with Gasteiger partial charge in [0, 0.05) is 32.7 Å². The molecule has 20 heavy (non-hydrogen) atoms. The fourth-order valence-corrected chi connectivity index (χ4v) is 4.59. The van der Waals surface area contributed by atoms with E-state index in [1.165, 1.54) is 8.99 Å². The van der Waals surface area contributed by atoms with Crippen molar-refractivity contribution in [3.63, 3.8) is 0 Å². The van der Waals surface area contributed by atoms with Crippen LogP contribution in [0.5, 0.6) is 0 Å². The molecule has 7 nitrogen and oxygen atoms in total. The van der Waals surface area contributed by atoms with Crippen LogP contribution in [0, 0.1) is 12.8 Å². The normalized spacial score (nSPS) is 25.1. The molecule has 2 N–H and O–H groups in total. The van der Waals surface area contributed by atoms with E-state index < -0.39 is 16.1 Å². The molecule has 114 valence electrons. The third kappa shape index (κ3) is 2.58. The van der Waals surface area contributed by atoms with Crippen LogP contribution in [0.15, 0.2) is 4.90 Å². The maximum absolute atomic E-state index is 12.6. The van der Waals surface area contributed by atoms with Crippen molar-refractivity contribution in [1.29, 1.82) is 0 Å². The van der Waals surface area contributed by atoms with Crippen LogP contribution in [0.3, 0.4) is 0 Å². The van der Waals surface area contributed by atoms with Gasteiger partial charge in [0.15, 0.2) is 0 Å². The van der Waals surface area contributed by atoms with E-state index in [1.807, 2.05) is 0 Å². The van der Waals surface area contributed by atoms with Gasteiger partial charge >= 0.3 is 0 Å². The fourth-order valence-electron chi connectivity index (χ4n) is 2.42. The molecule has 1 aromatic rings. The SMILES string of the molecule is Cc1nn(C)c(Cl)c1S(=O)(=O)N1CC[C@H](CO)[C@@H](O)C1. The van der Waals surface area contributed by atoms with E-state index >= 15 is 0 Å². The van der Waals surface area contributed by atoms with Crippen LogP contribution in [-0.2, 0) is 17.1 Å². The number of aryl methyl sites for hydroxylation is 2. The number of β-amino-alcohol motifs (C(OH)–C–C–N with tert-alkyl or cyclic N) is 1. The molecule has 0 radical (unpaired) electrons. The Labute approximate surface area is 122 Å². The monoisotopic (exact) mass is 323 g/mol. The minimum absolute atomic E-state index is 0.0173. The smallest absolute Gasteiger partial charge is 0.248 e. The molecule has 0 unspecified atom stereocenters. The average Bonchev–Trinajstić information content (AvgIpc) is 2.63. The summed E-state index contributed by atoms with van der Waals surface area (Å²) in [6, 6.07) is 0. The lowest BCUT2D eigenvalue weighted by Gasteiger charge is -2.34. The Bertz CT molecular complexity index is 601. The summed E-state index contributed by atoms with van der Waals surface area (Å²) < 4.78 is 27.7. The zero-order valence-electron chi connectivity index (χ0n) is 11.3. The minimum atomic E-state index is -3.79. The lowest BCUT2D eigenvalue weighted by Crippen LogP contribution is -2.47. The number of hydrogen-bond donors (Lipinski definition) is 2. The van der Waals surface area contributed by atoms with Crippen LogP contribution in [0.2, 0.25) is 5.15 Å². The van der Waals surface area contributed by atoms with Crippen LogP contribution in [0.1, 0.15) is 12.1 Å². The van der Waals surface area contributed by atoms with E-state index in [2.05, 4.69) is 5.10 Å². The van der Waals surface area contributed by atoms with E-state index in [1.54, 1.807) is 14.0 Å². The van der Waals surface area contributed by atoms with Crippen LogP contribution < -0.4 is 0 Å². The second-order valence-corrected chi connectivity index (χ2v) is 7.22. The third-order valence-corrected chi connectivity index (χ3v) is 6.18. The second kappa shape index (κ2) is 5.61. The molecule has 0 aromatic carbocycles. The van der Waals surface area contributed by atoms with Gasteiger partial charge < -0.3 is 10.2 Å². The molecular formula is C11H18ClN3O4S. The van der Waals surface area contributed by atoms with Crippen molar-refractivity contribution in [2.75, 3.05) is 19.7 Å². The molecule has 2 rings (SSSR count). The van der Waals surface area contributed by atoms with Gasteiger partial charge in [-0.1, -0.05) is 11.6 Å². The quantitative estimate of drug-likeness (QED) is 0.799. The van der Waals surface area contributed by atoms with E-state index in [0.29, 0.717) is 12.1 Å². The first kappa shape index (κ1) is 15.7. The van der Waals surface area contributed by atoms with Crippen LogP contribution in [0.4, 0.5) is 0 Å². The Hall–Kier alpha value is -0.670. The van der Waals surface area contributed by atoms with Crippen molar-refractivity contribution in [1.82, 2.24) is 14.1 Å². The molecule has 0 bridgehead atoms. The highest BCUT2D eigenvalue weighted by atomic mass is 35.5. The molecule has 1 fully saturated rings. The zero-order chi connectivity index (χ0) is 15.1. The van der Waals surface area contributed by atoms with Gasteiger partial charge in [-0.15, -0.1) is 0 Å². The van der Waals surface area contributed by atoms with Crippen LogP contribution in [0.25, 0.3) is 0 Å². The summed E-state index contributed by atoms with van der Waals surface area (Å²) in [7, 11) is -2.22. The molecule has 0 amide bonds. The number of sulfonamides is 1. The molecule has 9 heteroatoms. The van der Waals surface area contributed by atoms with E-state index in [0.717, 1.165) is 0 Å². The van der Waals surface area contributed by atoms with Gasteiger partial charge in [-0.2, -0.15) is 9.40 Å². The number of aromatic nitrogens is 2. The maximum Gasteiger partial charge on any atom is 0.248 e.